The molecule has 1 heterocycles. The fourth-order valence-corrected chi connectivity index (χ4v) is 4.57. The molecular weight excluding hydrogens is 419 g/mol. The Labute approximate surface area is 177 Å². The van der Waals surface area contributed by atoms with Gasteiger partial charge in [0, 0.05) is 29.8 Å². The Kier molecular flexibility index (Phi) is 5.27. The topological polar surface area (TPSA) is 118 Å². The molecule has 0 radical (unpaired) electrons. The molecule has 0 aliphatic carbocycles. The first-order valence-corrected chi connectivity index (χ1v) is 11.1. The van der Waals surface area contributed by atoms with Crippen LogP contribution < -0.4 is 5.32 Å². The molecule has 158 valence electrons. The summed E-state index contributed by atoms with van der Waals surface area (Å²) < 4.78 is 19.2. The first-order valence-electron chi connectivity index (χ1n) is 9.34. The van der Waals surface area contributed by atoms with E-state index in [1.807, 2.05) is 30.3 Å². The number of anilines is 1. The summed E-state index contributed by atoms with van der Waals surface area (Å²) in [5.74, 6) is -1.10. The summed E-state index contributed by atoms with van der Waals surface area (Å²) in [5.41, 5.74) is 1.59. The van der Waals surface area contributed by atoms with Crippen molar-refractivity contribution in [2.45, 2.75) is 6.16 Å². The minimum absolute atomic E-state index is 0.0580. The van der Waals surface area contributed by atoms with E-state index in [0.29, 0.717) is 22.2 Å². The number of benzene rings is 3. The number of amides is 1. The predicted octanol–water partition coefficient (Wildman–Crippen LogP) is 4.96. The lowest BCUT2D eigenvalue weighted by atomic mass is 10.1. The van der Waals surface area contributed by atoms with E-state index in [1.54, 1.807) is 36.0 Å². The molecule has 0 spiro atoms. The van der Waals surface area contributed by atoms with Gasteiger partial charge in [0.25, 0.3) is 0 Å². The lowest BCUT2D eigenvalue weighted by molar-refractivity contribution is 0.0697. The summed E-state index contributed by atoms with van der Waals surface area (Å²) in [6, 6.07) is 17.3. The van der Waals surface area contributed by atoms with Crippen LogP contribution in [-0.2, 0) is 22.3 Å². The summed E-state index contributed by atoms with van der Waals surface area (Å²) in [7, 11) is -2.62. The highest BCUT2D eigenvalue weighted by molar-refractivity contribution is 7.52. The highest BCUT2D eigenvalue weighted by atomic mass is 31.2. The molecule has 1 unspecified atom stereocenters. The van der Waals surface area contributed by atoms with Crippen LogP contribution in [0.2, 0.25) is 0 Å². The standard InChI is InChI=1S/C22H19N2O6P/c1-24-12-17(19-11-16(21(25)26)7-9-20(19)24)13-31(28,29)30-22(27)23-18-8-6-14-4-2-3-5-15(14)10-18/h2-12H,13H2,1H3,(H,23,27)(H,25,26)(H,28,29). The highest BCUT2D eigenvalue weighted by Crippen LogP contribution is 2.47. The third-order valence-corrected chi connectivity index (χ3v) is 6.10. The number of aromatic nitrogens is 1. The zero-order chi connectivity index (χ0) is 22.2. The molecule has 4 aromatic rings. The number of hydrogen-bond donors (Lipinski definition) is 3. The first-order chi connectivity index (χ1) is 14.7. The molecule has 0 aliphatic heterocycles. The number of carbonyl (C=O) groups excluding carboxylic acids is 1. The molecule has 9 heteroatoms. The van der Waals surface area contributed by atoms with Crippen LogP contribution in [0.15, 0.2) is 66.9 Å². The highest BCUT2D eigenvalue weighted by Gasteiger charge is 2.27. The average Bonchev–Trinajstić information content (AvgIpc) is 3.01. The Morgan fingerprint density at radius 2 is 1.81 bits per heavy atom. The van der Waals surface area contributed by atoms with Crippen molar-refractivity contribution >= 4 is 47.0 Å². The van der Waals surface area contributed by atoms with E-state index < -0.39 is 25.8 Å². The lowest BCUT2D eigenvalue weighted by Gasteiger charge is -2.13. The van der Waals surface area contributed by atoms with Crippen LogP contribution in [0.25, 0.3) is 21.7 Å². The third kappa shape index (κ3) is 4.45. The number of nitrogens with zero attached hydrogens (tertiary/aromatic N) is 1. The van der Waals surface area contributed by atoms with E-state index in [0.717, 1.165) is 10.8 Å². The quantitative estimate of drug-likeness (QED) is 0.379. The number of fused-ring (bicyclic) bond motifs is 2. The van der Waals surface area contributed by atoms with Gasteiger partial charge in [-0.25, -0.2) is 14.2 Å². The molecular formula is C22H19N2O6P. The molecule has 0 saturated carbocycles. The van der Waals surface area contributed by atoms with Gasteiger partial charge in [-0.2, -0.15) is 0 Å². The number of carboxylic acid groups (broad SMARTS) is 1. The second-order valence-corrected chi connectivity index (χ2v) is 8.94. The van der Waals surface area contributed by atoms with Gasteiger partial charge in [0.05, 0.1) is 11.7 Å². The van der Waals surface area contributed by atoms with Gasteiger partial charge in [0.15, 0.2) is 0 Å². The van der Waals surface area contributed by atoms with E-state index in [-0.39, 0.29) is 5.56 Å². The molecule has 0 aliphatic rings. The number of carboxylic acids is 1. The number of hydrogen-bond acceptors (Lipinski definition) is 4. The van der Waals surface area contributed by atoms with Crippen LogP contribution in [0.3, 0.4) is 0 Å². The first kappa shape index (κ1) is 20.7. The fourth-order valence-electron chi connectivity index (χ4n) is 3.52. The maximum Gasteiger partial charge on any atom is 0.418 e. The van der Waals surface area contributed by atoms with Crippen LogP contribution in [0.5, 0.6) is 0 Å². The van der Waals surface area contributed by atoms with Crippen LogP contribution in [-0.4, -0.2) is 26.6 Å². The van der Waals surface area contributed by atoms with Gasteiger partial charge in [-0.15, -0.1) is 0 Å². The summed E-state index contributed by atoms with van der Waals surface area (Å²) >= 11 is 0. The number of nitrogens with one attached hydrogen (secondary N) is 1. The molecule has 0 fully saturated rings. The maximum absolute atomic E-state index is 12.6. The fraction of sp³-hybridized carbons (Fsp3) is 0.0909. The van der Waals surface area contributed by atoms with E-state index in [9.17, 15) is 24.2 Å². The Hall–Kier alpha value is -3.61. The molecule has 0 bridgehead atoms. The van der Waals surface area contributed by atoms with Crippen molar-refractivity contribution in [2.24, 2.45) is 7.05 Å². The van der Waals surface area contributed by atoms with Gasteiger partial charge >= 0.3 is 19.7 Å². The van der Waals surface area contributed by atoms with Gasteiger partial charge in [0.1, 0.15) is 0 Å². The largest absolute Gasteiger partial charge is 0.478 e. The van der Waals surface area contributed by atoms with Crippen molar-refractivity contribution in [3.8, 4) is 0 Å². The molecule has 1 aromatic heterocycles. The summed E-state index contributed by atoms with van der Waals surface area (Å²) in [4.78, 5) is 33.8. The third-order valence-electron chi connectivity index (χ3n) is 4.91. The Morgan fingerprint density at radius 1 is 1.06 bits per heavy atom. The SMILES string of the molecule is Cn1cc(CP(=O)(O)OC(=O)Nc2ccc3ccccc3c2)c2cc(C(=O)O)ccc21. The van der Waals surface area contributed by atoms with Crippen molar-refractivity contribution in [3.05, 3.63) is 78.0 Å². The Morgan fingerprint density at radius 3 is 2.55 bits per heavy atom. The second kappa shape index (κ2) is 7.91. The Bertz CT molecular complexity index is 1380. The van der Waals surface area contributed by atoms with Gasteiger partial charge < -0.3 is 19.1 Å². The zero-order valence-electron chi connectivity index (χ0n) is 16.5. The van der Waals surface area contributed by atoms with Crippen LogP contribution in [0.1, 0.15) is 15.9 Å². The minimum Gasteiger partial charge on any atom is -0.478 e. The van der Waals surface area contributed by atoms with Gasteiger partial charge in [-0.1, -0.05) is 30.3 Å². The van der Waals surface area contributed by atoms with Crippen molar-refractivity contribution in [3.63, 3.8) is 0 Å². The van der Waals surface area contributed by atoms with Gasteiger partial charge in [-0.05, 0) is 46.7 Å². The van der Waals surface area contributed by atoms with E-state index >= 15 is 0 Å². The summed E-state index contributed by atoms with van der Waals surface area (Å²) in [6.07, 6.45) is 0.120. The van der Waals surface area contributed by atoms with Crippen LogP contribution in [0, 0.1) is 0 Å². The number of carbonyl (C=O) groups is 2. The lowest BCUT2D eigenvalue weighted by Crippen LogP contribution is -2.12. The maximum atomic E-state index is 12.6. The van der Waals surface area contributed by atoms with E-state index in [1.165, 1.54) is 12.1 Å². The van der Waals surface area contributed by atoms with E-state index in [4.69, 9.17) is 4.52 Å². The summed E-state index contributed by atoms with van der Waals surface area (Å²) in [6.45, 7) is 0. The molecule has 1 amide bonds. The molecule has 3 aromatic carbocycles. The Balaban J connectivity index is 1.52. The zero-order valence-corrected chi connectivity index (χ0v) is 17.4. The number of aromatic carboxylic acids is 1. The molecule has 8 nitrogen and oxygen atoms in total. The molecule has 3 N–H and O–H groups in total. The van der Waals surface area contributed by atoms with Crippen LogP contribution >= 0.6 is 7.60 Å². The average molecular weight is 438 g/mol. The van der Waals surface area contributed by atoms with Gasteiger partial charge in [-0.3, -0.25) is 5.32 Å². The number of rotatable bonds is 5. The van der Waals surface area contributed by atoms with E-state index in [2.05, 4.69) is 5.32 Å². The smallest absolute Gasteiger partial charge is 0.418 e. The van der Waals surface area contributed by atoms with Crippen LogP contribution in [0.4, 0.5) is 10.5 Å². The van der Waals surface area contributed by atoms with Gasteiger partial charge in [0.2, 0.25) is 0 Å². The van der Waals surface area contributed by atoms with Crippen molar-refractivity contribution in [1.82, 2.24) is 4.57 Å². The molecule has 0 saturated heterocycles. The molecule has 31 heavy (non-hydrogen) atoms. The van der Waals surface area contributed by atoms with Crippen molar-refractivity contribution in [2.75, 3.05) is 5.32 Å². The van der Waals surface area contributed by atoms with Crippen molar-refractivity contribution in [1.29, 1.82) is 0 Å². The summed E-state index contributed by atoms with van der Waals surface area (Å²) in [5, 5.41) is 14.1. The number of aryl methyl sites for hydroxylation is 1. The monoisotopic (exact) mass is 438 g/mol. The normalized spacial score (nSPS) is 13.1. The molecule has 1 atom stereocenters. The predicted molar refractivity (Wildman–Crippen MR) is 117 cm³/mol. The van der Waals surface area contributed by atoms with Crippen molar-refractivity contribution < 1.29 is 28.7 Å². The second-order valence-electron chi connectivity index (χ2n) is 7.16. The molecule has 4 rings (SSSR count). The minimum atomic E-state index is -4.36.